The van der Waals surface area contributed by atoms with Crippen LogP contribution in [0.3, 0.4) is 0 Å². The highest BCUT2D eigenvalue weighted by molar-refractivity contribution is 7.19. The van der Waals surface area contributed by atoms with Crippen molar-refractivity contribution in [1.29, 1.82) is 0 Å². The van der Waals surface area contributed by atoms with Crippen molar-refractivity contribution >= 4 is 39.0 Å². The Morgan fingerprint density at radius 3 is 2.64 bits per heavy atom. The van der Waals surface area contributed by atoms with E-state index in [1.54, 1.807) is 13.0 Å². The number of carbonyl (C=O) groups is 1. The van der Waals surface area contributed by atoms with Crippen LogP contribution in [0.15, 0.2) is 18.2 Å². The number of rotatable bonds is 5. The summed E-state index contributed by atoms with van der Waals surface area (Å²) in [5.74, 6) is -1.29. The van der Waals surface area contributed by atoms with E-state index in [1.165, 1.54) is 24.5 Å². The molecular weight excluding hydrogens is 417 g/mol. The molecule has 2 heterocycles. The Hall–Kier alpha value is -2.26. The van der Waals surface area contributed by atoms with Gasteiger partial charge in [0.15, 0.2) is 5.69 Å². The monoisotopic (exact) mass is 432 g/mol. The number of aryl methyl sites for hydroxylation is 2. The van der Waals surface area contributed by atoms with Gasteiger partial charge in [-0.3, -0.25) is 9.48 Å². The third-order valence-corrected chi connectivity index (χ3v) is 5.76. The van der Waals surface area contributed by atoms with E-state index in [9.17, 15) is 23.1 Å². The standard InChI is InChI=1S/C18H16ClF3N2O3S/c1-8(17(25)26)15-9(2)28-13-6-11(5-12(19)16(13)15)27-7-10-4-14(18(20,21)22)23-24(10)3/h4-6,8H,7H2,1-3H3,(H,25,26). The molecule has 0 bridgehead atoms. The van der Waals surface area contributed by atoms with Gasteiger partial charge >= 0.3 is 12.1 Å². The van der Waals surface area contributed by atoms with Crippen molar-refractivity contribution in [3.63, 3.8) is 0 Å². The van der Waals surface area contributed by atoms with Gasteiger partial charge in [-0.1, -0.05) is 11.6 Å². The van der Waals surface area contributed by atoms with Crippen LogP contribution in [0.25, 0.3) is 10.1 Å². The average molecular weight is 433 g/mol. The van der Waals surface area contributed by atoms with Gasteiger partial charge in [0.05, 0.1) is 16.6 Å². The van der Waals surface area contributed by atoms with Crippen LogP contribution in [0, 0.1) is 6.92 Å². The first kappa shape index (κ1) is 20.5. The summed E-state index contributed by atoms with van der Waals surface area (Å²) in [7, 11) is 1.41. The molecule has 0 aliphatic rings. The predicted molar refractivity (Wildman–Crippen MR) is 100 cm³/mol. The van der Waals surface area contributed by atoms with Gasteiger partial charge in [0.1, 0.15) is 12.4 Å². The zero-order valence-electron chi connectivity index (χ0n) is 15.1. The number of benzene rings is 1. The first-order valence-electron chi connectivity index (χ1n) is 8.17. The van der Waals surface area contributed by atoms with Gasteiger partial charge in [-0.15, -0.1) is 11.3 Å². The number of aliphatic carboxylic acids is 1. The third-order valence-electron chi connectivity index (χ3n) is 4.40. The molecule has 10 heteroatoms. The predicted octanol–water partition coefficient (Wildman–Crippen LogP) is 5.38. The van der Waals surface area contributed by atoms with Gasteiger partial charge in [0, 0.05) is 22.0 Å². The number of halogens is 4. The highest BCUT2D eigenvalue weighted by Gasteiger charge is 2.34. The van der Waals surface area contributed by atoms with Gasteiger partial charge in [0.2, 0.25) is 0 Å². The Bertz CT molecular complexity index is 1060. The number of alkyl halides is 3. The van der Waals surface area contributed by atoms with Crippen LogP contribution in [-0.2, 0) is 24.6 Å². The topological polar surface area (TPSA) is 64.4 Å². The third kappa shape index (κ3) is 3.81. The molecule has 1 N–H and O–H groups in total. The summed E-state index contributed by atoms with van der Waals surface area (Å²) >= 11 is 7.76. The van der Waals surface area contributed by atoms with Crippen LogP contribution in [0.5, 0.6) is 5.75 Å². The molecule has 150 valence electrons. The summed E-state index contributed by atoms with van der Waals surface area (Å²) in [6, 6.07) is 4.18. The highest BCUT2D eigenvalue weighted by Crippen LogP contribution is 2.42. The number of ether oxygens (including phenoxy) is 1. The number of thiophene rings is 1. The largest absolute Gasteiger partial charge is 0.487 e. The maximum Gasteiger partial charge on any atom is 0.435 e. The molecule has 0 aliphatic carbocycles. The van der Waals surface area contributed by atoms with Crippen molar-refractivity contribution < 1.29 is 27.8 Å². The lowest BCUT2D eigenvalue weighted by atomic mass is 9.98. The van der Waals surface area contributed by atoms with Crippen LogP contribution < -0.4 is 4.74 Å². The molecule has 0 aliphatic heterocycles. The van der Waals surface area contributed by atoms with E-state index < -0.39 is 23.8 Å². The van der Waals surface area contributed by atoms with Gasteiger partial charge < -0.3 is 9.84 Å². The molecule has 0 fully saturated rings. The smallest absolute Gasteiger partial charge is 0.435 e. The maximum absolute atomic E-state index is 12.8. The van der Waals surface area contributed by atoms with E-state index in [0.717, 1.165) is 20.3 Å². The molecule has 0 radical (unpaired) electrons. The summed E-state index contributed by atoms with van der Waals surface area (Å²) in [6.07, 6.45) is -4.52. The second-order valence-electron chi connectivity index (χ2n) is 6.34. The van der Waals surface area contributed by atoms with Crippen LogP contribution >= 0.6 is 22.9 Å². The molecule has 3 aromatic rings. The molecule has 0 saturated carbocycles. The van der Waals surface area contributed by atoms with E-state index >= 15 is 0 Å². The van der Waals surface area contributed by atoms with Crippen LogP contribution in [-0.4, -0.2) is 20.9 Å². The fourth-order valence-corrected chi connectivity index (χ4v) is 4.54. The Kier molecular flexibility index (Phi) is 5.33. The molecule has 1 atom stereocenters. The lowest BCUT2D eigenvalue weighted by Crippen LogP contribution is -2.08. The van der Waals surface area contributed by atoms with Crippen molar-refractivity contribution in [2.75, 3.05) is 0 Å². The zero-order chi connectivity index (χ0) is 20.8. The molecule has 0 amide bonds. The summed E-state index contributed by atoms with van der Waals surface area (Å²) in [6.45, 7) is 3.30. The summed E-state index contributed by atoms with van der Waals surface area (Å²) in [5.41, 5.74) is -0.0696. The number of nitrogens with zero attached hydrogens (tertiary/aromatic N) is 2. The molecule has 1 aromatic carbocycles. The molecule has 0 spiro atoms. The number of carboxylic acid groups (broad SMARTS) is 1. The van der Waals surface area contributed by atoms with Crippen molar-refractivity contribution in [2.24, 2.45) is 7.05 Å². The van der Waals surface area contributed by atoms with Crippen molar-refractivity contribution in [2.45, 2.75) is 32.5 Å². The molecule has 28 heavy (non-hydrogen) atoms. The zero-order valence-corrected chi connectivity index (χ0v) is 16.7. The van der Waals surface area contributed by atoms with E-state index in [4.69, 9.17) is 16.3 Å². The Labute approximate surface area is 167 Å². The number of hydrogen-bond acceptors (Lipinski definition) is 4. The first-order valence-corrected chi connectivity index (χ1v) is 9.36. The normalized spacial score (nSPS) is 13.1. The number of aromatic nitrogens is 2. The first-order chi connectivity index (χ1) is 13.0. The molecule has 2 aromatic heterocycles. The lowest BCUT2D eigenvalue weighted by molar-refractivity contribution is -0.141. The second-order valence-corrected chi connectivity index (χ2v) is 8.00. The summed E-state index contributed by atoms with van der Waals surface area (Å²) in [4.78, 5) is 12.2. The van der Waals surface area contributed by atoms with Gasteiger partial charge in [-0.2, -0.15) is 18.3 Å². The SMILES string of the molecule is Cc1sc2cc(OCc3cc(C(F)(F)F)nn3C)cc(Cl)c2c1C(C)C(=O)O. The molecule has 0 saturated heterocycles. The summed E-state index contributed by atoms with van der Waals surface area (Å²) < 4.78 is 45.8. The Balaban J connectivity index is 1.90. The van der Waals surface area contributed by atoms with Crippen molar-refractivity contribution in [1.82, 2.24) is 9.78 Å². The van der Waals surface area contributed by atoms with Crippen molar-refractivity contribution in [3.05, 3.63) is 45.1 Å². The van der Waals surface area contributed by atoms with Gasteiger partial charge in [-0.25, -0.2) is 0 Å². The maximum atomic E-state index is 12.8. The fraction of sp³-hybridized carbons (Fsp3) is 0.333. The van der Waals surface area contributed by atoms with E-state index in [2.05, 4.69) is 5.10 Å². The second kappa shape index (κ2) is 7.29. The quantitative estimate of drug-likeness (QED) is 0.587. The Morgan fingerprint density at radius 2 is 2.07 bits per heavy atom. The van der Waals surface area contributed by atoms with Crippen LogP contribution in [0.1, 0.15) is 34.7 Å². The minimum atomic E-state index is -4.52. The van der Waals surface area contributed by atoms with Crippen LogP contribution in [0.4, 0.5) is 13.2 Å². The van der Waals surface area contributed by atoms with Gasteiger partial charge in [-0.05, 0) is 37.6 Å². The van der Waals surface area contributed by atoms with Crippen LogP contribution in [0.2, 0.25) is 5.02 Å². The number of fused-ring (bicyclic) bond motifs is 1. The summed E-state index contributed by atoms with van der Waals surface area (Å²) in [5, 5.41) is 13.8. The van der Waals surface area contributed by atoms with E-state index in [0.29, 0.717) is 21.7 Å². The molecule has 5 nitrogen and oxygen atoms in total. The molecule has 3 rings (SSSR count). The number of carboxylic acids is 1. The Morgan fingerprint density at radius 1 is 1.39 bits per heavy atom. The highest BCUT2D eigenvalue weighted by atomic mass is 35.5. The number of hydrogen-bond donors (Lipinski definition) is 1. The molecular formula is C18H16ClF3N2O3S. The van der Waals surface area contributed by atoms with E-state index in [-0.39, 0.29) is 12.3 Å². The van der Waals surface area contributed by atoms with E-state index in [1.807, 2.05) is 6.92 Å². The lowest BCUT2D eigenvalue weighted by Gasteiger charge is -2.10. The minimum absolute atomic E-state index is 0.121. The average Bonchev–Trinajstić information content (AvgIpc) is 3.11. The fourth-order valence-electron chi connectivity index (χ4n) is 2.96. The molecule has 1 unspecified atom stereocenters. The minimum Gasteiger partial charge on any atom is -0.487 e. The van der Waals surface area contributed by atoms with Crippen molar-refractivity contribution in [3.8, 4) is 5.75 Å². The van der Waals surface area contributed by atoms with Gasteiger partial charge in [0.25, 0.3) is 0 Å².